The average Bonchev–Trinajstić information content (AvgIpc) is 2.21. The van der Waals surface area contributed by atoms with Crippen molar-refractivity contribution < 1.29 is 0 Å². The molecule has 0 aliphatic heterocycles. The minimum Gasteiger partial charge on any atom is -0.256 e. The Morgan fingerprint density at radius 3 is 2.08 bits per heavy atom. The first kappa shape index (κ1) is 9.97. The Bertz CT molecular complexity index is 307. The summed E-state index contributed by atoms with van der Waals surface area (Å²) in [6.45, 7) is 0. The molecule has 2 aromatic rings. The van der Waals surface area contributed by atoms with E-state index in [9.17, 15) is 0 Å². The second-order valence-corrected chi connectivity index (χ2v) is 2.58. The van der Waals surface area contributed by atoms with Crippen LogP contribution in [0.4, 0.5) is 0 Å². The van der Waals surface area contributed by atoms with E-state index in [4.69, 9.17) is 0 Å². The molecule has 1 aromatic heterocycles. The van der Waals surface area contributed by atoms with E-state index in [1.54, 1.807) is 0 Å². The van der Waals surface area contributed by atoms with Crippen molar-refractivity contribution in [2.75, 3.05) is 0 Å². The molecule has 0 atom stereocenters. The number of hydrogen-bond acceptors (Lipinski definition) is 1. The van der Waals surface area contributed by atoms with Crippen LogP contribution in [0.5, 0.6) is 0 Å². The second kappa shape index (κ2) is 4.80. The van der Waals surface area contributed by atoms with Crippen LogP contribution in [0, 0.1) is 0 Å². The minimum absolute atomic E-state index is 0. The number of benzene rings is 1. The zero-order chi connectivity index (χ0) is 8.23. The largest absolute Gasteiger partial charge is 0.256 e. The molecule has 66 valence electrons. The van der Waals surface area contributed by atoms with Gasteiger partial charge >= 0.3 is 17.1 Å². The molecule has 0 fully saturated rings. The fourth-order valence-corrected chi connectivity index (χ4v) is 1.14. The van der Waals surface area contributed by atoms with Crippen LogP contribution in [0.25, 0.3) is 11.3 Å². The van der Waals surface area contributed by atoms with E-state index >= 15 is 0 Å². The number of pyridine rings is 1. The summed E-state index contributed by atoms with van der Waals surface area (Å²) in [7, 11) is 0. The predicted molar refractivity (Wildman–Crippen MR) is 58.2 cm³/mol. The summed E-state index contributed by atoms with van der Waals surface area (Å²) in [5.41, 5.74) is 2.19. The van der Waals surface area contributed by atoms with Gasteiger partial charge in [-0.2, -0.15) is 0 Å². The van der Waals surface area contributed by atoms with E-state index in [0.717, 1.165) is 11.3 Å². The summed E-state index contributed by atoms with van der Waals surface area (Å²) >= 11 is 0. The molecule has 1 aromatic carbocycles. The SMILES string of the molecule is [SeH2].c1ccc(-c2ccccn2)cc1. The normalized spacial score (nSPS) is 8.92. The zero-order valence-corrected chi connectivity index (χ0v) is 9.24. The van der Waals surface area contributed by atoms with Gasteiger partial charge < -0.3 is 0 Å². The molecule has 0 radical (unpaired) electrons. The molecule has 0 bridgehead atoms. The molecular weight excluding hydrogens is 225 g/mol. The minimum atomic E-state index is 0. The van der Waals surface area contributed by atoms with E-state index in [1.807, 2.05) is 42.6 Å². The summed E-state index contributed by atoms with van der Waals surface area (Å²) in [4.78, 5) is 4.25. The van der Waals surface area contributed by atoms with E-state index in [-0.39, 0.29) is 17.1 Å². The molecule has 1 nitrogen and oxygen atoms in total. The first-order chi connectivity index (χ1) is 5.97. The first-order valence-corrected chi connectivity index (χ1v) is 3.93. The van der Waals surface area contributed by atoms with Crippen molar-refractivity contribution in [3.63, 3.8) is 0 Å². The zero-order valence-electron chi connectivity index (χ0n) is 7.14. The van der Waals surface area contributed by atoms with Crippen LogP contribution in [0.2, 0.25) is 0 Å². The van der Waals surface area contributed by atoms with Crippen molar-refractivity contribution in [2.45, 2.75) is 0 Å². The quantitative estimate of drug-likeness (QED) is 0.688. The molecule has 13 heavy (non-hydrogen) atoms. The number of nitrogens with zero attached hydrogens (tertiary/aromatic N) is 1. The van der Waals surface area contributed by atoms with Crippen LogP contribution in [-0.4, -0.2) is 22.1 Å². The van der Waals surface area contributed by atoms with Gasteiger partial charge in [0.2, 0.25) is 0 Å². The monoisotopic (exact) mass is 237 g/mol. The number of hydrogen-bond donors (Lipinski definition) is 0. The van der Waals surface area contributed by atoms with Crippen molar-refractivity contribution in [2.24, 2.45) is 0 Å². The van der Waals surface area contributed by atoms with E-state index in [2.05, 4.69) is 17.1 Å². The van der Waals surface area contributed by atoms with Gasteiger partial charge in [-0.15, -0.1) is 0 Å². The van der Waals surface area contributed by atoms with Crippen molar-refractivity contribution in [1.82, 2.24) is 4.98 Å². The van der Waals surface area contributed by atoms with Gasteiger partial charge in [-0.05, 0) is 12.1 Å². The van der Waals surface area contributed by atoms with Gasteiger partial charge in [0.1, 0.15) is 0 Å². The number of rotatable bonds is 1. The third kappa shape index (κ3) is 2.41. The Labute approximate surface area is 88.3 Å². The third-order valence-corrected chi connectivity index (χ3v) is 1.73. The fourth-order valence-electron chi connectivity index (χ4n) is 1.14. The van der Waals surface area contributed by atoms with Gasteiger partial charge in [-0.1, -0.05) is 36.4 Å². The molecule has 0 saturated carbocycles. The van der Waals surface area contributed by atoms with E-state index in [1.165, 1.54) is 0 Å². The van der Waals surface area contributed by atoms with Gasteiger partial charge in [0.05, 0.1) is 5.69 Å². The summed E-state index contributed by atoms with van der Waals surface area (Å²) in [6, 6.07) is 16.1. The van der Waals surface area contributed by atoms with Gasteiger partial charge in [0.15, 0.2) is 0 Å². The van der Waals surface area contributed by atoms with Crippen molar-refractivity contribution in [3.8, 4) is 11.3 Å². The maximum absolute atomic E-state index is 4.25. The van der Waals surface area contributed by atoms with Crippen LogP contribution in [-0.2, 0) is 0 Å². The topological polar surface area (TPSA) is 12.9 Å². The van der Waals surface area contributed by atoms with Gasteiger partial charge in [-0.25, -0.2) is 0 Å². The molecule has 0 saturated heterocycles. The second-order valence-electron chi connectivity index (χ2n) is 2.58. The van der Waals surface area contributed by atoms with Crippen LogP contribution in [0.3, 0.4) is 0 Å². The van der Waals surface area contributed by atoms with Crippen LogP contribution >= 0.6 is 0 Å². The van der Waals surface area contributed by atoms with Crippen LogP contribution in [0.1, 0.15) is 0 Å². The van der Waals surface area contributed by atoms with Gasteiger partial charge in [0, 0.05) is 11.8 Å². The molecule has 2 rings (SSSR count). The third-order valence-electron chi connectivity index (χ3n) is 1.73. The molecule has 0 aliphatic rings. The Balaban J connectivity index is 0.000000845. The molecule has 0 amide bonds. The smallest absolute Gasteiger partial charge is 0.0701 e. The summed E-state index contributed by atoms with van der Waals surface area (Å²) < 4.78 is 0. The molecule has 0 N–H and O–H groups in total. The standard InChI is InChI=1S/C11H9N.H2Se/c1-2-6-10(7-3-1)11-8-4-5-9-12-11;/h1-9H;1H2. The van der Waals surface area contributed by atoms with Crippen molar-refractivity contribution >= 4 is 17.1 Å². The molecule has 0 spiro atoms. The predicted octanol–water partition coefficient (Wildman–Crippen LogP) is 1.83. The summed E-state index contributed by atoms with van der Waals surface area (Å²) in [5, 5.41) is 0. The Kier molecular flexibility index (Phi) is 3.69. The first-order valence-electron chi connectivity index (χ1n) is 3.93. The molecule has 0 unspecified atom stereocenters. The van der Waals surface area contributed by atoms with Crippen molar-refractivity contribution in [3.05, 3.63) is 54.7 Å². The van der Waals surface area contributed by atoms with Crippen LogP contribution < -0.4 is 0 Å². The van der Waals surface area contributed by atoms with E-state index < -0.39 is 0 Å². The Morgan fingerprint density at radius 2 is 1.46 bits per heavy atom. The van der Waals surface area contributed by atoms with Gasteiger partial charge in [0.25, 0.3) is 0 Å². The Hall–Kier alpha value is -1.11. The summed E-state index contributed by atoms with van der Waals surface area (Å²) in [6.07, 6.45) is 1.81. The fraction of sp³-hybridized carbons (Fsp3) is 0. The molecule has 2 heteroatoms. The molecule has 1 heterocycles. The van der Waals surface area contributed by atoms with Crippen molar-refractivity contribution in [1.29, 1.82) is 0 Å². The van der Waals surface area contributed by atoms with E-state index in [0.29, 0.717) is 0 Å². The average molecular weight is 236 g/mol. The Morgan fingerprint density at radius 1 is 0.769 bits per heavy atom. The van der Waals surface area contributed by atoms with Crippen LogP contribution in [0.15, 0.2) is 54.7 Å². The maximum atomic E-state index is 4.25. The summed E-state index contributed by atoms with van der Waals surface area (Å²) in [5.74, 6) is 0. The molecular formula is C11H11NSe. The maximum Gasteiger partial charge on any atom is 0.0701 e. The number of aromatic nitrogens is 1. The molecule has 0 aliphatic carbocycles. The van der Waals surface area contributed by atoms with Gasteiger partial charge in [-0.3, -0.25) is 4.98 Å².